The molecule has 3 rings (SSSR count). The topological polar surface area (TPSA) is 92.0 Å². The van der Waals surface area contributed by atoms with Gasteiger partial charge in [0.05, 0.1) is 23.7 Å². The molecule has 1 aliphatic heterocycles. The Balaban J connectivity index is 0.00000320. The van der Waals surface area contributed by atoms with Crippen LogP contribution in [0, 0.1) is 10.1 Å². The van der Waals surface area contributed by atoms with E-state index in [2.05, 4.69) is 45.0 Å². The molecule has 30 heavy (non-hydrogen) atoms. The molecule has 164 valence electrons. The zero-order valence-electron chi connectivity index (χ0n) is 17.1. The molecule has 1 fully saturated rings. The summed E-state index contributed by atoms with van der Waals surface area (Å²) in [7, 11) is 1.72. The van der Waals surface area contributed by atoms with Crippen molar-refractivity contribution in [2.75, 3.05) is 33.3 Å². The number of hydrogen-bond donors (Lipinski definition) is 2. The summed E-state index contributed by atoms with van der Waals surface area (Å²) in [5.41, 5.74) is 0.922. The van der Waals surface area contributed by atoms with Crippen molar-refractivity contribution in [1.29, 1.82) is 0 Å². The Morgan fingerprint density at radius 2 is 2.23 bits per heavy atom. The highest BCUT2D eigenvalue weighted by Crippen LogP contribution is 2.26. The van der Waals surface area contributed by atoms with E-state index in [9.17, 15) is 10.1 Å². The lowest BCUT2D eigenvalue weighted by Gasteiger charge is -2.37. The number of rotatable bonds is 7. The number of nitrogens with zero attached hydrogens (tertiary/aromatic N) is 3. The van der Waals surface area contributed by atoms with Gasteiger partial charge in [0, 0.05) is 50.2 Å². The van der Waals surface area contributed by atoms with E-state index in [4.69, 9.17) is 4.74 Å². The molecule has 2 unspecified atom stereocenters. The maximum absolute atomic E-state index is 10.9. The number of nitrogens with one attached hydrogen (secondary N) is 2. The van der Waals surface area contributed by atoms with Crippen molar-refractivity contribution in [3.8, 4) is 0 Å². The van der Waals surface area contributed by atoms with E-state index in [0.29, 0.717) is 19.0 Å². The summed E-state index contributed by atoms with van der Waals surface area (Å²) in [6.07, 6.45) is 0.220. The molecule has 0 spiro atoms. The molecule has 1 aromatic carbocycles. The van der Waals surface area contributed by atoms with Gasteiger partial charge in [-0.25, -0.2) is 0 Å². The van der Waals surface area contributed by atoms with Crippen molar-refractivity contribution >= 4 is 47.0 Å². The molecule has 2 N–H and O–H groups in total. The SMILES string of the molecule is CN=C(NCc1cccc([N+](=O)[O-])c1)NCC(c1cccs1)N1CCOC(C)C1.I. The minimum absolute atomic E-state index is 0. The average Bonchev–Trinajstić information content (AvgIpc) is 3.25. The van der Waals surface area contributed by atoms with Gasteiger partial charge in [0.2, 0.25) is 0 Å². The maximum Gasteiger partial charge on any atom is 0.269 e. The van der Waals surface area contributed by atoms with E-state index in [1.54, 1.807) is 30.5 Å². The smallest absolute Gasteiger partial charge is 0.269 e. The highest BCUT2D eigenvalue weighted by Gasteiger charge is 2.26. The first-order valence-corrected chi connectivity index (χ1v) is 10.5. The fourth-order valence-corrected chi connectivity index (χ4v) is 4.26. The largest absolute Gasteiger partial charge is 0.376 e. The van der Waals surface area contributed by atoms with E-state index in [1.807, 2.05) is 6.07 Å². The Morgan fingerprint density at radius 3 is 2.90 bits per heavy atom. The first-order valence-electron chi connectivity index (χ1n) is 9.63. The molecule has 0 saturated carbocycles. The van der Waals surface area contributed by atoms with Crippen molar-refractivity contribution in [2.24, 2.45) is 4.99 Å². The Labute approximate surface area is 197 Å². The Morgan fingerprint density at radius 1 is 1.40 bits per heavy atom. The highest BCUT2D eigenvalue weighted by molar-refractivity contribution is 14.0. The highest BCUT2D eigenvalue weighted by atomic mass is 127. The second kappa shape index (κ2) is 12.2. The summed E-state index contributed by atoms with van der Waals surface area (Å²) in [6, 6.07) is 11.1. The lowest BCUT2D eigenvalue weighted by molar-refractivity contribution is -0.384. The molecule has 0 aliphatic carbocycles. The second-order valence-electron chi connectivity index (χ2n) is 6.94. The monoisotopic (exact) mass is 545 g/mol. The lowest BCUT2D eigenvalue weighted by atomic mass is 10.1. The summed E-state index contributed by atoms with van der Waals surface area (Å²) in [6.45, 7) is 5.80. The summed E-state index contributed by atoms with van der Waals surface area (Å²) in [5, 5.41) is 19.7. The van der Waals surface area contributed by atoms with Crippen LogP contribution in [0.4, 0.5) is 5.69 Å². The van der Waals surface area contributed by atoms with Gasteiger partial charge in [-0.15, -0.1) is 35.3 Å². The van der Waals surface area contributed by atoms with Crippen LogP contribution in [0.3, 0.4) is 0 Å². The number of thiophene rings is 1. The third-order valence-corrected chi connectivity index (χ3v) is 5.83. The number of morpholine rings is 1. The Bertz CT molecular complexity index is 834. The summed E-state index contributed by atoms with van der Waals surface area (Å²) in [5.74, 6) is 0.666. The number of hydrogen-bond acceptors (Lipinski definition) is 6. The number of nitro benzene ring substituents is 1. The molecule has 1 aliphatic rings. The summed E-state index contributed by atoms with van der Waals surface area (Å²) >= 11 is 1.75. The molecule has 10 heteroatoms. The molecule has 0 radical (unpaired) electrons. The second-order valence-corrected chi connectivity index (χ2v) is 7.92. The van der Waals surface area contributed by atoms with Crippen LogP contribution in [0.15, 0.2) is 46.8 Å². The van der Waals surface area contributed by atoms with Crippen molar-refractivity contribution in [2.45, 2.75) is 25.6 Å². The Kier molecular flexibility index (Phi) is 9.95. The number of halogens is 1. The van der Waals surface area contributed by atoms with Gasteiger partial charge in [-0.05, 0) is 23.9 Å². The van der Waals surface area contributed by atoms with Crippen LogP contribution >= 0.6 is 35.3 Å². The maximum atomic E-state index is 10.9. The molecule has 1 aromatic heterocycles. The van der Waals surface area contributed by atoms with Gasteiger partial charge >= 0.3 is 0 Å². The molecule has 2 atom stereocenters. The quantitative estimate of drug-likeness (QED) is 0.182. The Hall–Kier alpha value is -1.76. The van der Waals surface area contributed by atoms with Gasteiger partial charge in [0.25, 0.3) is 5.69 Å². The molecule has 0 bridgehead atoms. The number of nitro groups is 1. The van der Waals surface area contributed by atoms with Crippen molar-refractivity contribution < 1.29 is 9.66 Å². The summed E-state index contributed by atoms with van der Waals surface area (Å²) < 4.78 is 5.69. The number of benzene rings is 1. The molecule has 2 aromatic rings. The van der Waals surface area contributed by atoms with Crippen LogP contribution in [-0.2, 0) is 11.3 Å². The van der Waals surface area contributed by atoms with Crippen LogP contribution in [0.25, 0.3) is 0 Å². The van der Waals surface area contributed by atoms with Gasteiger partial charge in [0.15, 0.2) is 5.96 Å². The van der Waals surface area contributed by atoms with E-state index in [0.717, 1.165) is 25.3 Å². The zero-order valence-corrected chi connectivity index (χ0v) is 20.3. The fourth-order valence-electron chi connectivity index (χ4n) is 3.40. The van der Waals surface area contributed by atoms with E-state index in [1.165, 1.54) is 10.9 Å². The fraction of sp³-hybridized carbons (Fsp3) is 0.450. The normalized spacial score (nSPS) is 18.3. The molecule has 2 heterocycles. The predicted molar refractivity (Wildman–Crippen MR) is 131 cm³/mol. The lowest BCUT2D eigenvalue weighted by Crippen LogP contribution is -2.47. The third kappa shape index (κ3) is 6.89. The number of aliphatic imine (C=N–C) groups is 1. The number of guanidine groups is 1. The first kappa shape index (κ1) is 24.5. The van der Waals surface area contributed by atoms with Gasteiger partial charge in [-0.2, -0.15) is 0 Å². The van der Waals surface area contributed by atoms with E-state index < -0.39 is 0 Å². The van der Waals surface area contributed by atoms with E-state index >= 15 is 0 Å². The van der Waals surface area contributed by atoms with Crippen molar-refractivity contribution in [3.63, 3.8) is 0 Å². The number of non-ortho nitro benzene ring substituents is 1. The van der Waals surface area contributed by atoms with Crippen LogP contribution in [0.2, 0.25) is 0 Å². The third-order valence-electron chi connectivity index (χ3n) is 4.85. The van der Waals surface area contributed by atoms with E-state index in [-0.39, 0.29) is 46.7 Å². The van der Waals surface area contributed by atoms with Gasteiger partial charge in [0.1, 0.15) is 0 Å². The zero-order chi connectivity index (χ0) is 20.6. The standard InChI is InChI=1S/C20H27N5O3S.HI/c1-15-14-24(8-9-28-15)18(19-7-4-10-29-19)13-23-20(21-2)22-12-16-5-3-6-17(11-16)25(26)27;/h3-7,10-11,15,18H,8-9,12-14H2,1-2H3,(H2,21,22,23);1H. The predicted octanol–water partition coefficient (Wildman–Crippen LogP) is 3.40. The molecule has 1 saturated heterocycles. The van der Waals surface area contributed by atoms with Gasteiger partial charge < -0.3 is 15.4 Å². The summed E-state index contributed by atoms with van der Waals surface area (Å²) in [4.78, 5) is 18.6. The average molecular weight is 545 g/mol. The molecule has 0 amide bonds. The van der Waals surface area contributed by atoms with Crippen LogP contribution in [-0.4, -0.2) is 55.2 Å². The van der Waals surface area contributed by atoms with Crippen molar-refractivity contribution in [1.82, 2.24) is 15.5 Å². The van der Waals surface area contributed by atoms with Crippen LogP contribution < -0.4 is 10.6 Å². The minimum Gasteiger partial charge on any atom is -0.376 e. The minimum atomic E-state index is -0.383. The van der Waals surface area contributed by atoms with Gasteiger partial charge in [-0.1, -0.05) is 18.2 Å². The number of ether oxygens (including phenoxy) is 1. The molecular weight excluding hydrogens is 517 g/mol. The van der Waals surface area contributed by atoms with Crippen molar-refractivity contribution in [3.05, 3.63) is 62.3 Å². The molecule has 8 nitrogen and oxygen atoms in total. The molecular formula is C20H28IN5O3S. The van der Waals surface area contributed by atoms with Crippen LogP contribution in [0.1, 0.15) is 23.4 Å². The first-order chi connectivity index (χ1) is 14.1. The van der Waals surface area contributed by atoms with Gasteiger partial charge in [-0.3, -0.25) is 20.0 Å². The van der Waals surface area contributed by atoms with Crippen LogP contribution in [0.5, 0.6) is 0 Å².